The summed E-state index contributed by atoms with van der Waals surface area (Å²) in [5.41, 5.74) is 3.28. The third kappa shape index (κ3) is 3.77. The van der Waals surface area contributed by atoms with Crippen molar-refractivity contribution in [1.82, 2.24) is 14.5 Å². The summed E-state index contributed by atoms with van der Waals surface area (Å²) in [7, 11) is 0. The van der Waals surface area contributed by atoms with E-state index in [2.05, 4.69) is 20.6 Å². The van der Waals surface area contributed by atoms with Gasteiger partial charge in [-0.05, 0) is 30.3 Å². The number of pyridine rings is 1. The van der Waals surface area contributed by atoms with Crippen molar-refractivity contribution < 1.29 is 9.59 Å². The topological polar surface area (TPSA) is 88.9 Å². The number of carbonyl (C=O) groups excluding carboxylic acids is 2. The zero-order valence-electron chi connectivity index (χ0n) is 15.0. The van der Waals surface area contributed by atoms with Crippen LogP contribution in [0.4, 0.5) is 10.8 Å². The Hall–Kier alpha value is -3.52. The molecular formula is C20H17N5O2S. The van der Waals surface area contributed by atoms with Gasteiger partial charge < -0.3 is 15.2 Å². The molecule has 7 nitrogen and oxygen atoms in total. The number of amides is 2. The first-order valence-corrected chi connectivity index (χ1v) is 9.49. The van der Waals surface area contributed by atoms with Crippen LogP contribution in [0.15, 0.2) is 60.4 Å². The number of nitrogens with one attached hydrogen (secondary N) is 2. The molecule has 0 aliphatic carbocycles. The van der Waals surface area contributed by atoms with Crippen molar-refractivity contribution in [3.05, 3.63) is 60.4 Å². The Morgan fingerprint density at radius 3 is 2.82 bits per heavy atom. The maximum absolute atomic E-state index is 12.5. The van der Waals surface area contributed by atoms with Crippen LogP contribution in [-0.4, -0.2) is 26.3 Å². The Labute approximate surface area is 165 Å². The van der Waals surface area contributed by atoms with Crippen LogP contribution >= 0.6 is 11.3 Å². The third-order valence-electron chi connectivity index (χ3n) is 4.15. The van der Waals surface area contributed by atoms with E-state index >= 15 is 0 Å². The standard InChI is InChI=1S/C20H17N5O2S/c1-13(26)22-16-5-2-6-18-15(16)7-9-25(18)11-19(27)24-20-23-17(12-28-20)14-4-3-8-21-10-14/h2-10,12H,11H2,1H3,(H,22,26)(H,23,24,27). The van der Waals surface area contributed by atoms with E-state index in [0.29, 0.717) is 5.13 Å². The fraction of sp³-hybridized carbons (Fsp3) is 0.100. The minimum Gasteiger partial charge on any atom is -0.338 e. The van der Waals surface area contributed by atoms with Gasteiger partial charge in [0.2, 0.25) is 11.8 Å². The van der Waals surface area contributed by atoms with Crippen LogP contribution in [0.3, 0.4) is 0 Å². The molecule has 3 heterocycles. The Bertz CT molecular complexity index is 1150. The number of carbonyl (C=O) groups is 2. The second-order valence-corrected chi connectivity index (χ2v) is 7.05. The lowest BCUT2D eigenvalue weighted by atomic mass is 10.2. The maximum Gasteiger partial charge on any atom is 0.246 e. The van der Waals surface area contributed by atoms with Crippen LogP contribution < -0.4 is 10.6 Å². The van der Waals surface area contributed by atoms with Crippen molar-refractivity contribution in [3.8, 4) is 11.3 Å². The number of fused-ring (bicyclic) bond motifs is 1. The number of nitrogens with zero attached hydrogens (tertiary/aromatic N) is 3. The largest absolute Gasteiger partial charge is 0.338 e. The minimum absolute atomic E-state index is 0.133. The summed E-state index contributed by atoms with van der Waals surface area (Å²) in [5, 5.41) is 8.96. The van der Waals surface area contributed by atoms with Gasteiger partial charge >= 0.3 is 0 Å². The molecule has 0 saturated heterocycles. The average Bonchev–Trinajstić information content (AvgIpc) is 3.30. The lowest BCUT2D eigenvalue weighted by molar-refractivity contribution is -0.116. The van der Waals surface area contributed by atoms with E-state index in [4.69, 9.17) is 0 Å². The van der Waals surface area contributed by atoms with E-state index in [0.717, 1.165) is 27.8 Å². The Morgan fingerprint density at radius 2 is 2.04 bits per heavy atom. The zero-order valence-corrected chi connectivity index (χ0v) is 15.9. The van der Waals surface area contributed by atoms with Gasteiger partial charge in [-0.2, -0.15) is 0 Å². The van der Waals surface area contributed by atoms with Gasteiger partial charge in [-0.15, -0.1) is 11.3 Å². The van der Waals surface area contributed by atoms with Crippen molar-refractivity contribution in [2.24, 2.45) is 0 Å². The molecule has 2 N–H and O–H groups in total. The highest BCUT2D eigenvalue weighted by Crippen LogP contribution is 2.26. The third-order valence-corrected chi connectivity index (χ3v) is 4.90. The first-order valence-electron chi connectivity index (χ1n) is 8.61. The molecule has 0 unspecified atom stereocenters. The van der Waals surface area contributed by atoms with E-state index in [1.165, 1.54) is 18.3 Å². The molecule has 4 rings (SSSR count). The van der Waals surface area contributed by atoms with Gasteiger partial charge in [0.15, 0.2) is 5.13 Å². The van der Waals surface area contributed by atoms with Crippen LogP contribution in [0.25, 0.3) is 22.2 Å². The molecule has 0 atom stereocenters. The fourth-order valence-corrected chi connectivity index (χ4v) is 3.69. The van der Waals surface area contributed by atoms with Crippen LogP contribution in [-0.2, 0) is 16.1 Å². The maximum atomic E-state index is 12.5. The van der Waals surface area contributed by atoms with E-state index in [-0.39, 0.29) is 18.4 Å². The molecule has 4 aromatic rings. The molecule has 3 aromatic heterocycles. The molecule has 0 aliphatic heterocycles. The summed E-state index contributed by atoms with van der Waals surface area (Å²) in [6.45, 7) is 1.62. The van der Waals surface area contributed by atoms with Gasteiger partial charge in [0.25, 0.3) is 0 Å². The number of anilines is 2. The van der Waals surface area contributed by atoms with Crippen molar-refractivity contribution in [2.75, 3.05) is 10.6 Å². The van der Waals surface area contributed by atoms with Gasteiger partial charge in [-0.25, -0.2) is 4.98 Å². The van der Waals surface area contributed by atoms with Crippen molar-refractivity contribution in [3.63, 3.8) is 0 Å². The summed E-state index contributed by atoms with van der Waals surface area (Å²) >= 11 is 1.37. The van der Waals surface area contributed by atoms with Crippen molar-refractivity contribution in [1.29, 1.82) is 0 Å². The number of benzene rings is 1. The number of aromatic nitrogens is 3. The molecule has 0 fully saturated rings. The van der Waals surface area contributed by atoms with Gasteiger partial charge in [0.1, 0.15) is 6.54 Å². The second-order valence-electron chi connectivity index (χ2n) is 6.19. The highest BCUT2D eigenvalue weighted by Gasteiger charge is 2.12. The van der Waals surface area contributed by atoms with Gasteiger partial charge in [0, 0.05) is 41.8 Å². The van der Waals surface area contributed by atoms with E-state index < -0.39 is 0 Å². The van der Waals surface area contributed by atoms with E-state index in [1.807, 2.05) is 52.5 Å². The highest BCUT2D eigenvalue weighted by molar-refractivity contribution is 7.14. The van der Waals surface area contributed by atoms with Crippen molar-refractivity contribution >= 4 is 44.9 Å². The molecule has 0 bridgehead atoms. The molecule has 2 amide bonds. The smallest absolute Gasteiger partial charge is 0.246 e. The lowest BCUT2D eigenvalue weighted by Crippen LogP contribution is -2.18. The summed E-state index contributed by atoms with van der Waals surface area (Å²) in [5.74, 6) is -0.305. The number of hydrogen-bond acceptors (Lipinski definition) is 5. The first kappa shape index (κ1) is 17.9. The molecule has 28 heavy (non-hydrogen) atoms. The summed E-state index contributed by atoms with van der Waals surface area (Å²) in [4.78, 5) is 32.4. The molecule has 0 radical (unpaired) electrons. The molecule has 140 valence electrons. The summed E-state index contributed by atoms with van der Waals surface area (Å²) in [6.07, 6.45) is 5.27. The van der Waals surface area contributed by atoms with Crippen LogP contribution in [0, 0.1) is 0 Å². The van der Waals surface area contributed by atoms with Gasteiger partial charge in [-0.3, -0.25) is 14.6 Å². The number of rotatable bonds is 5. The quantitative estimate of drug-likeness (QED) is 0.542. The Kier molecular flexibility index (Phi) is 4.86. The minimum atomic E-state index is -0.172. The molecule has 8 heteroatoms. The molecule has 0 aliphatic rings. The molecule has 1 aromatic carbocycles. The SMILES string of the molecule is CC(=O)Nc1cccc2c1ccn2CC(=O)Nc1nc(-c2cccnc2)cs1. The van der Waals surface area contributed by atoms with E-state index in [1.54, 1.807) is 12.4 Å². The van der Waals surface area contributed by atoms with Crippen LogP contribution in [0.2, 0.25) is 0 Å². The summed E-state index contributed by atoms with van der Waals surface area (Å²) < 4.78 is 1.84. The molecule has 0 saturated carbocycles. The predicted molar refractivity (Wildman–Crippen MR) is 110 cm³/mol. The van der Waals surface area contributed by atoms with Crippen LogP contribution in [0.1, 0.15) is 6.92 Å². The second kappa shape index (κ2) is 7.61. The van der Waals surface area contributed by atoms with Gasteiger partial charge in [-0.1, -0.05) is 6.07 Å². The molecular weight excluding hydrogens is 374 g/mol. The predicted octanol–water partition coefficient (Wildman–Crippen LogP) is 3.76. The van der Waals surface area contributed by atoms with Gasteiger partial charge in [0.05, 0.1) is 16.9 Å². The lowest BCUT2D eigenvalue weighted by Gasteiger charge is -2.07. The van der Waals surface area contributed by atoms with Crippen LogP contribution in [0.5, 0.6) is 0 Å². The highest BCUT2D eigenvalue weighted by atomic mass is 32.1. The number of hydrogen-bond donors (Lipinski definition) is 2. The fourth-order valence-electron chi connectivity index (χ4n) is 2.95. The molecule has 0 spiro atoms. The zero-order chi connectivity index (χ0) is 19.5. The van der Waals surface area contributed by atoms with Crippen molar-refractivity contribution in [2.45, 2.75) is 13.5 Å². The normalized spacial score (nSPS) is 10.8. The number of thiazole rings is 1. The monoisotopic (exact) mass is 391 g/mol. The van der Waals surface area contributed by atoms with E-state index in [9.17, 15) is 9.59 Å². The average molecular weight is 391 g/mol. The Balaban J connectivity index is 1.49. The first-order chi connectivity index (χ1) is 13.6. The summed E-state index contributed by atoms with van der Waals surface area (Å²) in [6, 6.07) is 11.3. The Morgan fingerprint density at radius 1 is 1.14 bits per heavy atom.